The van der Waals surface area contributed by atoms with Gasteiger partial charge in [0.1, 0.15) is 5.82 Å². The number of benzene rings is 1. The molecule has 80 valence electrons. The molecule has 0 heterocycles. The zero-order chi connectivity index (χ0) is 11.4. The maximum atomic E-state index is 13.3. The number of hydrogen-bond donors (Lipinski definition) is 1. The molecule has 0 saturated carbocycles. The van der Waals surface area contributed by atoms with Crippen LogP contribution in [0.1, 0.15) is 17.5 Å². The molecular formula is C11H10ClFO2. The number of hydrogen-bond acceptors (Lipinski definition) is 1. The Kier molecular flexibility index (Phi) is 3.86. The first kappa shape index (κ1) is 11.7. The molecule has 0 unspecified atom stereocenters. The largest absolute Gasteiger partial charge is 0.481 e. The van der Waals surface area contributed by atoms with Crippen LogP contribution in [-0.4, -0.2) is 11.1 Å². The molecular weight excluding hydrogens is 219 g/mol. The van der Waals surface area contributed by atoms with Gasteiger partial charge in [-0.1, -0.05) is 23.8 Å². The van der Waals surface area contributed by atoms with Crippen molar-refractivity contribution in [3.63, 3.8) is 0 Å². The Morgan fingerprint density at radius 1 is 1.60 bits per heavy atom. The predicted molar refractivity (Wildman–Crippen MR) is 57.4 cm³/mol. The number of rotatable bonds is 3. The molecule has 1 N–H and O–H groups in total. The van der Waals surface area contributed by atoms with Gasteiger partial charge >= 0.3 is 5.97 Å². The third-order valence-corrected chi connectivity index (χ3v) is 2.28. The van der Waals surface area contributed by atoms with Gasteiger partial charge in [0.25, 0.3) is 0 Å². The Labute approximate surface area is 92.0 Å². The normalized spacial score (nSPS) is 10.9. The first-order valence-electron chi connectivity index (χ1n) is 4.34. The van der Waals surface area contributed by atoms with Gasteiger partial charge in [-0.15, -0.1) is 0 Å². The highest BCUT2D eigenvalue weighted by Crippen LogP contribution is 2.20. The molecule has 15 heavy (non-hydrogen) atoms. The molecule has 0 bridgehead atoms. The lowest BCUT2D eigenvalue weighted by Gasteiger charge is -2.01. The summed E-state index contributed by atoms with van der Waals surface area (Å²) in [6, 6.07) is 2.80. The topological polar surface area (TPSA) is 37.3 Å². The zero-order valence-corrected chi connectivity index (χ0v) is 8.88. The van der Waals surface area contributed by atoms with E-state index in [0.717, 1.165) is 0 Å². The SMILES string of the molecule is Cc1cc(F)c(C=CCC(=O)O)cc1Cl. The molecule has 0 fully saturated rings. The Morgan fingerprint density at radius 2 is 2.27 bits per heavy atom. The fraction of sp³-hybridized carbons (Fsp3) is 0.182. The van der Waals surface area contributed by atoms with Crippen LogP contribution in [0.4, 0.5) is 4.39 Å². The monoisotopic (exact) mass is 228 g/mol. The minimum Gasteiger partial charge on any atom is -0.481 e. The maximum absolute atomic E-state index is 13.3. The summed E-state index contributed by atoms with van der Waals surface area (Å²) >= 11 is 5.81. The summed E-state index contributed by atoms with van der Waals surface area (Å²) in [5, 5.41) is 8.85. The van der Waals surface area contributed by atoms with E-state index in [4.69, 9.17) is 16.7 Å². The molecule has 0 aliphatic rings. The van der Waals surface area contributed by atoms with Gasteiger partial charge in [-0.3, -0.25) is 4.79 Å². The van der Waals surface area contributed by atoms with Gasteiger partial charge in [0, 0.05) is 10.6 Å². The predicted octanol–water partition coefficient (Wildman–Crippen LogP) is 3.28. The summed E-state index contributed by atoms with van der Waals surface area (Å²) in [6.45, 7) is 1.70. The van der Waals surface area contributed by atoms with E-state index in [1.807, 2.05) is 0 Å². The van der Waals surface area contributed by atoms with E-state index in [0.29, 0.717) is 16.1 Å². The first-order valence-corrected chi connectivity index (χ1v) is 4.72. The molecule has 1 aromatic carbocycles. The lowest BCUT2D eigenvalue weighted by molar-refractivity contribution is -0.135. The van der Waals surface area contributed by atoms with E-state index in [2.05, 4.69) is 0 Å². The van der Waals surface area contributed by atoms with Gasteiger partial charge in [0.2, 0.25) is 0 Å². The molecule has 0 radical (unpaired) electrons. The van der Waals surface area contributed by atoms with Crippen molar-refractivity contribution in [2.24, 2.45) is 0 Å². The highest BCUT2D eigenvalue weighted by atomic mass is 35.5. The van der Waals surface area contributed by atoms with Crippen molar-refractivity contribution in [3.8, 4) is 0 Å². The van der Waals surface area contributed by atoms with Crippen molar-refractivity contribution in [3.05, 3.63) is 40.2 Å². The first-order chi connectivity index (χ1) is 7.00. The second-order valence-electron chi connectivity index (χ2n) is 3.12. The molecule has 0 spiro atoms. The molecule has 0 saturated heterocycles. The highest BCUT2D eigenvalue weighted by molar-refractivity contribution is 6.31. The number of aryl methyl sites for hydroxylation is 1. The summed E-state index contributed by atoms with van der Waals surface area (Å²) in [7, 11) is 0. The van der Waals surface area contributed by atoms with Crippen molar-refractivity contribution in [1.29, 1.82) is 0 Å². The average Bonchev–Trinajstić information content (AvgIpc) is 2.13. The van der Waals surface area contributed by atoms with Crippen molar-refractivity contribution in [1.82, 2.24) is 0 Å². The van der Waals surface area contributed by atoms with Crippen molar-refractivity contribution >= 4 is 23.6 Å². The number of carboxylic acid groups (broad SMARTS) is 1. The molecule has 4 heteroatoms. The van der Waals surface area contributed by atoms with Gasteiger partial charge in [-0.2, -0.15) is 0 Å². The Morgan fingerprint density at radius 3 is 2.87 bits per heavy atom. The lowest BCUT2D eigenvalue weighted by atomic mass is 10.1. The average molecular weight is 229 g/mol. The molecule has 1 aromatic rings. The van der Waals surface area contributed by atoms with Gasteiger partial charge in [0.15, 0.2) is 0 Å². The van der Waals surface area contributed by atoms with Crippen molar-refractivity contribution in [2.45, 2.75) is 13.3 Å². The van der Waals surface area contributed by atoms with Gasteiger partial charge in [-0.05, 0) is 24.6 Å². The minimum atomic E-state index is -0.954. The minimum absolute atomic E-state index is 0.134. The summed E-state index contributed by atoms with van der Waals surface area (Å²) < 4.78 is 13.3. The maximum Gasteiger partial charge on any atom is 0.307 e. The molecule has 0 amide bonds. The fourth-order valence-corrected chi connectivity index (χ4v) is 1.25. The number of carbonyl (C=O) groups is 1. The smallest absolute Gasteiger partial charge is 0.307 e. The Balaban J connectivity index is 2.90. The Hall–Kier alpha value is -1.35. The molecule has 0 aliphatic heterocycles. The number of halogens is 2. The van der Waals surface area contributed by atoms with Crippen molar-refractivity contribution in [2.75, 3.05) is 0 Å². The lowest BCUT2D eigenvalue weighted by Crippen LogP contribution is -1.90. The second-order valence-corrected chi connectivity index (χ2v) is 3.53. The van der Waals surface area contributed by atoms with E-state index in [1.54, 1.807) is 6.92 Å². The van der Waals surface area contributed by atoms with Crippen LogP contribution in [0, 0.1) is 12.7 Å². The van der Waals surface area contributed by atoms with E-state index >= 15 is 0 Å². The zero-order valence-electron chi connectivity index (χ0n) is 8.13. The van der Waals surface area contributed by atoms with Crippen LogP contribution >= 0.6 is 11.6 Å². The molecule has 0 aliphatic carbocycles. The quantitative estimate of drug-likeness (QED) is 0.862. The standard InChI is InChI=1S/C11H10ClFO2/c1-7-5-10(13)8(6-9(7)12)3-2-4-11(14)15/h2-3,5-6H,4H2,1H3,(H,14,15). The molecule has 0 atom stereocenters. The van der Waals surface area contributed by atoms with Gasteiger partial charge < -0.3 is 5.11 Å². The third kappa shape index (κ3) is 3.36. The van der Waals surface area contributed by atoms with Crippen LogP contribution in [-0.2, 0) is 4.79 Å². The van der Waals surface area contributed by atoms with Gasteiger partial charge in [0.05, 0.1) is 6.42 Å². The van der Waals surface area contributed by atoms with Crippen LogP contribution in [0.15, 0.2) is 18.2 Å². The summed E-state index contributed by atoms with van der Waals surface area (Å²) in [6.07, 6.45) is 2.66. The van der Waals surface area contributed by atoms with Crippen molar-refractivity contribution < 1.29 is 14.3 Å². The van der Waals surface area contributed by atoms with E-state index in [9.17, 15) is 9.18 Å². The molecule has 1 rings (SSSR count). The fourth-order valence-electron chi connectivity index (χ4n) is 1.08. The summed E-state index contributed by atoms with van der Waals surface area (Å²) in [4.78, 5) is 10.2. The van der Waals surface area contributed by atoms with Crippen LogP contribution < -0.4 is 0 Å². The van der Waals surface area contributed by atoms with Crippen LogP contribution in [0.2, 0.25) is 5.02 Å². The highest BCUT2D eigenvalue weighted by Gasteiger charge is 2.03. The van der Waals surface area contributed by atoms with Gasteiger partial charge in [-0.25, -0.2) is 4.39 Å². The van der Waals surface area contributed by atoms with Crippen LogP contribution in [0.25, 0.3) is 6.08 Å². The number of carboxylic acids is 1. The number of aliphatic carboxylic acids is 1. The molecule has 0 aromatic heterocycles. The Bertz CT molecular complexity index is 413. The summed E-state index contributed by atoms with van der Waals surface area (Å²) in [5.41, 5.74) is 0.955. The third-order valence-electron chi connectivity index (χ3n) is 1.87. The van der Waals surface area contributed by atoms with Crippen LogP contribution in [0.3, 0.4) is 0 Å². The molecule has 2 nitrogen and oxygen atoms in total. The van der Waals surface area contributed by atoms with Crippen LogP contribution in [0.5, 0.6) is 0 Å². The van der Waals surface area contributed by atoms with E-state index < -0.39 is 11.8 Å². The van der Waals surface area contributed by atoms with E-state index in [-0.39, 0.29) is 6.42 Å². The second kappa shape index (κ2) is 4.94. The summed E-state index contributed by atoms with van der Waals surface area (Å²) in [5.74, 6) is -1.36. The van der Waals surface area contributed by atoms with E-state index in [1.165, 1.54) is 24.3 Å².